The molecule has 1 amide bonds. The summed E-state index contributed by atoms with van der Waals surface area (Å²) in [5.41, 5.74) is 0.635. The van der Waals surface area contributed by atoms with Gasteiger partial charge in [-0.15, -0.1) is 0 Å². The minimum atomic E-state index is 0.0631. The minimum absolute atomic E-state index is 0.0631. The van der Waals surface area contributed by atoms with Gasteiger partial charge in [0.15, 0.2) is 0 Å². The van der Waals surface area contributed by atoms with Gasteiger partial charge in [0.2, 0.25) is 0 Å². The SMILES string of the molecule is CNc1ncc(Br)cc1C(=O)N1CCCC1C. The average Bonchev–Trinajstić information content (AvgIpc) is 2.74. The van der Waals surface area contributed by atoms with E-state index in [-0.39, 0.29) is 5.91 Å². The summed E-state index contributed by atoms with van der Waals surface area (Å²) in [5.74, 6) is 0.699. The summed E-state index contributed by atoms with van der Waals surface area (Å²) in [6.07, 6.45) is 3.86. The predicted molar refractivity (Wildman–Crippen MR) is 71.2 cm³/mol. The summed E-state index contributed by atoms with van der Waals surface area (Å²) >= 11 is 3.36. The fourth-order valence-electron chi connectivity index (χ4n) is 2.19. The highest BCUT2D eigenvalue weighted by Gasteiger charge is 2.27. The molecule has 4 nitrogen and oxygen atoms in total. The summed E-state index contributed by atoms with van der Waals surface area (Å²) in [4.78, 5) is 18.5. The van der Waals surface area contributed by atoms with E-state index in [2.05, 4.69) is 33.2 Å². The van der Waals surface area contributed by atoms with Crippen molar-refractivity contribution in [1.29, 1.82) is 0 Å². The van der Waals surface area contributed by atoms with E-state index in [4.69, 9.17) is 0 Å². The first-order valence-corrected chi connectivity index (χ1v) is 6.57. The summed E-state index contributed by atoms with van der Waals surface area (Å²) in [7, 11) is 1.78. The molecule has 1 aliphatic heterocycles. The summed E-state index contributed by atoms with van der Waals surface area (Å²) in [6, 6.07) is 2.15. The first-order chi connectivity index (χ1) is 8.13. The highest BCUT2D eigenvalue weighted by Crippen LogP contribution is 2.24. The van der Waals surface area contributed by atoms with Crippen LogP contribution in [0.5, 0.6) is 0 Å². The number of hydrogen-bond donors (Lipinski definition) is 1. The van der Waals surface area contributed by atoms with Gasteiger partial charge in [-0.25, -0.2) is 4.98 Å². The molecule has 1 unspecified atom stereocenters. The third-order valence-electron chi connectivity index (χ3n) is 3.14. The van der Waals surface area contributed by atoms with Crippen LogP contribution in [0, 0.1) is 0 Å². The number of pyridine rings is 1. The van der Waals surface area contributed by atoms with Gasteiger partial charge in [-0.1, -0.05) is 0 Å². The third kappa shape index (κ3) is 2.44. The monoisotopic (exact) mass is 297 g/mol. The van der Waals surface area contributed by atoms with Crippen molar-refractivity contribution >= 4 is 27.7 Å². The molecule has 5 heteroatoms. The lowest BCUT2D eigenvalue weighted by atomic mass is 10.2. The number of aromatic nitrogens is 1. The molecular formula is C12H16BrN3O. The lowest BCUT2D eigenvalue weighted by Gasteiger charge is -2.22. The zero-order chi connectivity index (χ0) is 12.4. The van der Waals surface area contributed by atoms with Gasteiger partial charge in [0.1, 0.15) is 5.82 Å². The molecule has 0 spiro atoms. The number of rotatable bonds is 2. The Hall–Kier alpha value is -1.10. The summed E-state index contributed by atoms with van der Waals surface area (Å²) in [6.45, 7) is 2.94. The molecule has 2 rings (SSSR count). The molecule has 0 aromatic carbocycles. The van der Waals surface area contributed by atoms with Crippen LogP contribution in [0.25, 0.3) is 0 Å². The molecular weight excluding hydrogens is 282 g/mol. The van der Waals surface area contributed by atoms with Gasteiger partial charge in [0, 0.05) is 30.3 Å². The molecule has 1 atom stereocenters. The zero-order valence-corrected chi connectivity index (χ0v) is 11.6. The maximum absolute atomic E-state index is 12.4. The minimum Gasteiger partial charge on any atom is -0.372 e. The number of likely N-dealkylation sites (tertiary alicyclic amines) is 1. The Balaban J connectivity index is 2.32. The van der Waals surface area contributed by atoms with Crippen molar-refractivity contribution in [2.75, 3.05) is 18.9 Å². The number of halogens is 1. The molecule has 0 aliphatic carbocycles. The van der Waals surface area contributed by atoms with Crippen molar-refractivity contribution in [3.8, 4) is 0 Å². The Morgan fingerprint density at radius 1 is 1.65 bits per heavy atom. The van der Waals surface area contributed by atoms with E-state index in [0.717, 1.165) is 23.9 Å². The van der Waals surface area contributed by atoms with Crippen molar-refractivity contribution in [1.82, 2.24) is 9.88 Å². The highest BCUT2D eigenvalue weighted by atomic mass is 79.9. The normalized spacial score (nSPS) is 19.5. The van der Waals surface area contributed by atoms with E-state index in [1.807, 2.05) is 11.0 Å². The van der Waals surface area contributed by atoms with Gasteiger partial charge < -0.3 is 10.2 Å². The maximum atomic E-state index is 12.4. The van der Waals surface area contributed by atoms with E-state index < -0.39 is 0 Å². The van der Waals surface area contributed by atoms with Crippen LogP contribution in [0.4, 0.5) is 5.82 Å². The highest BCUT2D eigenvalue weighted by molar-refractivity contribution is 9.10. The summed E-state index contributed by atoms with van der Waals surface area (Å²) in [5, 5.41) is 2.96. The van der Waals surface area contributed by atoms with Gasteiger partial charge in [0.05, 0.1) is 5.56 Å². The first kappa shape index (κ1) is 12.4. The second kappa shape index (κ2) is 5.04. The van der Waals surface area contributed by atoms with Crippen LogP contribution < -0.4 is 5.32 Å². The van der Waals surface area contributed by atoms with E-state index >= 15 is 0 Å². The molecule has 1 aromatic heterocycles. The van der Waals surface area contributed by atoms with Crippen molar-refractivity contribution < 1.29 is 4.79 Å². The topological polar surface area (TPSA) is 45.2 Å². The van der Waals surface area contributed by atoms with Gasteiger partial charge in [0.25, 0.3) is 5.91 Å². The Kier molecular flexibility index (Phi) is 3.66. The van der Waals surface area contributed by atoms with E-state index in [0.29, 0.717) is 17.4 Å². The smallest absolute Gasteiger partial charge is 0.257 e. The molecule has 1 aromatic rings. The molecule has 1 aliphatic rings. The van der Waals surface area contributed by atoms with Crippen molar-refractivity contribution in [3.63, 3.8) is 0 Å². The first-order valence-electron chi connectivity index (χ1n) is 5.77. The van der Waals surface area contributed by atoms with Gasteiger partial charge in [-0.05, 0) is 41.8 Å². The quantitative estimate of drug-likeness (QED) is 0.912. The Morgan fingerprint density at radius 3 is 3.00 bits per heavy atom. The second-order valence-corrected chi connectivity index (χ2v) is 5.21. The largest absolute Gasteiger partial charge is 0.372 e. The molecule has 0 saturated carbocycles. The van der Waals surface area contributed by atoms with Gasteiger partial charge in [-0.3, -0.25) is 4.79 Å². The van der Waals surface area contributed by atoms with Crippen LogP contribution in [-0.2, 0) is 0 Å². The fraction of sp³-hybridized carbons (Fsp3) is 0.500. The van der Waals surface area contributed by atoms with Crippen LogP contribution in [0.3, 0.4) is 0 Å². The molecule has 1 N–H and O–H groups in total. The number of anilines is 1. The molecule has 0 radical (unpaired) electrons. The van der Waals surface area contributed by atoms with Gasteiger partial charge >= 0.3 is 0 Å². The average molecular weight is 298 g/mol. The Labute approximate surface area is 110 Å². The number of carbonyl (C=O) groups is 1. The molecule has 1 fully saturated rings. The molecule has 0 bridgehead atoms. The number of nitrogens with zero attached hydrogens (tertiary/aromatic N) is 2. The number of amides is 1. The molecule has 17 heavy (non-hydrogen) atoms. The molecule has 1 saturated heterocycles. The third-order valence-corrected chi connectivity index (χ3v) is 3.57. The standard InChI is InChI=1S/C12H16BrN3O/c1-8-4-3-5-16(8)12(17)10-6-9(13)7-15-11(10)14-2/h6-8H,3-5H2,1-2H3,(H,14,15). The summed E-state index contributed by atoms with van der Waals surface area (Å²) < 4.78 is 0.826. The Morgan fingerprint density at radius 2 is 2.41 bits per heavy atom. The van der Waals surface area contributed by atoms with Gasteiger partial charge in [-0.2, -0.15) is 0 Å². The van der Waals surface area contributed by atoms with Crippen LogP contribution in [0.15, 0.2) is 16.7 Å². The molecule has 2 heterocycles. The second-order valence-electron chi connectivity index (χ2n) is 4.29. The van der Waals surface area contributed by atoms with Crippen molar-refractivity contribution in [3.05, 3.63) is 22.3 Å². The molecule has 92 valence electrons. The number of hydrogen-bond acceptors (Lipinski definition) is 3. The van der Waals surface area contributed by atoms with Crippen molar-refractivity contribution in [2.24, 2.45) is 0 Å². The maximum Gasteiger partial charge on any atom is 0.257 e. The fourth-order valence-corrected chi connectivity index (χ4v) is 2.52. The Bertz CT molecular complexity index is 436. The predicted octanol–water partition coefficient (Wildman–Crippen LogP) is 2.51. The number of carbonyl (C=O) groups excluding carboxylic acids is 1. The van der Waals surface area contributed by atoms with Crippen LogP contribution in [0.1, 0.15) is 30.1 Å². The number of nitrogens with one attached hydrogen (secondary N) is 1. The van der Waals surface area contributed by atoms with E-state index in [1.54, 1.807) is 13.2 Å². The zero-order valence-electron chi connectivity index (χ0n) is 10.0. The van der Waals surface area contributed by atoms with Crippen LogP contribution >= 0.6 is 15.9 Å². The van der Waals surface area contributed by atoms with Crippen LogP contribution in [-0.4, -0.2) is 35.4 Å². The lowest BCUT2D eigenvalue weighted by Crippen LogP contribution is -2.34. The lowest BCUT2D eigenvalue weighted by molar-refractivity contribution is 0.0748. The van der Waals surface area contributed by atoms with E-state index in [1.165, 1.54) is 0 Å². The van der Waals surface area contributed by atoms with E-state index in [9.17, 15) is 4.79 Å². The van der Waals surface area contributed by atoms with Crippen LogP contribution in [0.2, 0.25) is 0 Å². The van der Waals surface area contributed by atoms with Crippen molar-refractivity contribution in [2.45, 2.75) is 25.8 Å².